The molecule has 1 unspecified atom stereocenters. The molecule has 25 heavy (non-hydrogen) atoms. The second-order valence-corrected chi connectivity index (χ2v) is 8.50. The highest BCUT2D eigenvalue weighted by molar-refractivity contribution is 7.55. The third-order valence-electron chi connectivity index (χ3n) is 4.36. The van der Waals surface area contributed by atoms with Gasteiger partial charge in [0.05, 0.1) is 6.04 Å². The van der Waals surface area contributed by atoms with Gasteiger partial charge in [-0.2, -0.15) is 0 Å². The van der Waals surface area contributed by atoms with Crippen LogP contribution in [0.3, 0.4) is 0 Å². The summed E-state index contributed by atoms with van der Waals surface area (Å²) in [6.45, 7) is 1.87. The molecule has 0 radical (unpaired) electrons. The van der Waals surface area contributed by atoms with E-state index in [4.69, 9.17) is 5.11 Å². The zero-order valence-electron chi connectivity index (χ0n) is 14.3. The van der Waals surface area contributed by atoms with Crippen LogP contribution in [0.4, 0.5) is 0 Å². The van der Waals surface area contributed by atoms with Crippen molar-refractivity contribution >= 4 is 19.4 Å². The number of hydrogen-bond acceptors (Lipinski definition) is 3. The Kier molecular flexibility index (Phi) is 6.76. The number of rotatable bonds is 8. The fraction of sp³-hybridized carbons (Fsp3) is 0.529. The Morgan fingerprint density at radius 3 is 2.68 bits per heavy atom. The molecule has 7 nitrogen and oxygen atoms in total. The van der Waals surface area contributed by atoms with Gasteiger partial charge >= 0.3 is 5.97 Å². The van der Waals surface area contributed by atoms with Crippen LogP contribution >= 0.6 is 7.52 Å². The van der Waals surface area contributed by atoms with Gasteiger partial charge in [-0.3, -0.25) is 9.36 Å². The summed E-state index contributed by atoms with van der Waals surface area (Å²) in [6.07, 6.45) is 2.31. The summed E-state index contributed by atoms with van der Waals surface area (Å²) in [6, 6.07) is 7.94. The first kappa shape index (κ1) is 19.6. The summed E-state index contributed by atoms with van der Waals surface area (Å²) >= 11 is 0. The first-order valence-corrected chi connectivity index (χ1v) is 10.3. The molecule has 1 fully saturated rings. The molecule has 1 saturated heterocycles. The van der Waals surface area contributed by atoms with Crippen molar-refractivity contribution in [1.29, 1.82) is 0 Å². The van der Waals surface area contributed by atoms with E-state index >= 15 is 0 Å². The van der Waals surface area contributed by atoms with Crippen molar-refractivity contribution in [2.24, 2.45) is 0 Å². The molecular formula is C17H25N2O5P. The van der Waals surface area contributed by atoms with Gasteiger partial charge in [0, 0.05) is 12.7 Å². The first-order valence-electron chi connectivity index (χ1n) is 8.47. The summed E-state index contributed by atoms with van der Waals surface area (Å²) in [5.74, 6) is -1.48. The smallest absolute Gasteiger partial charge is 0.326 e. The van der Waals surface area contributed by atoms with Gasteiger partial charge in [-0.1, -0.05) is 30.3 Å². The second-order valence-electron chi connectivity index (χ2n) is 6.39. The van der Waals surface area contributed by atoms with Gasteiger partial charge in [0.25, 0.3) is 7.52 Å². The van der Waals surface area contributed by atoms with E-state index in [9.17, 15) is 19.0 Å². The predicted molar refractivity (Wildman–Crippen MR) is 94.4 cm³/mol. The van der Waals surface area contributed by atoms with E-state index in [1.807, 2.05) is 30.3 Å². The van der Waals surface area contributed by atoms with E-state index in [1.54, 1.807) is 0 Å². The number of aryl methyl sites for hydroxylation is 1. The van der Waals surface area contributed by atoms with Crippen molar-refractivity contribution in [3.8, 4) is 0 Å². The van der Waals surface area contributed by atoms with Crippen molar-refractivity contribution < 1.29 is 24.2 Å². The lowest BCUT2D eigenvalue weighted by molar-refractivity contribution is -0.148. The van der Waals surface area contributed by atoms with Gasteiger partial charge in [0.15, 0.2) is 0 Å². The number of likely N-dealkylation sites (tertiary alicyclic amines) is 1. The highest BCUT2D eigenvalue weighted by Gasteiger charge is 2.37. The Hall–Kier alpha value is -1.69. The zero-order chi connectivity index (χ0) is 18.4. The van der Waals surface area contributed by atoms with Crippen molar-refractivity contribution in [3.05, 3.63) is 35.9 Å². The summed E-state index contributed by atoms with van der Waals surface area (Å²) in [7, 11) is -3.67. The quantitative estimate of drug-likeness (QED) is 0.605. The van der Waals surface area contributed by atoms with Crippen LogP contribution < -0.4 is 5.09 Å². The van der Waals surface area contributed by atoms with Crippen LogP contribution in [0, 0.1) is 0 Å². The Bertz CT molecular complexity index is 652. The number of benzene rings is 1. The van der Waals surface area contributed by atoms with Crippen LogP contribution in [-0.4, -0.2) is 51.6 Å². The van der Waals surface area contributed by atoms with Crippen LogP contribution in [0.2, 0.25) is 0 Å². The van der Waals surface area contributed by atoms with Crippen LogP contribution in [0.5, 0.6) is 0 Å². The SMILES string of the molecule is C[C@H](NP(=O)(O)CCCc1ccccc1)C(=O)N1CCC[C@H]1C(=O)O. The largest absolute Gasteiger partial charge is 0.480 e. The standard InChI is InChI=1S/C17H25N2O5P/c1-13(16(20)19-11-5-10-15(19)17(21)22)18-25(23,24)12-6-9-14-7-3-2-4-8-14/h2-4,7-8,13,15H,5-6,9-12H2,1H3,(H,21,22)(H2,18,23,24)/t13-,15-/m0/s1. The van der Waals surface area contributed by atoms with Crippen LogP contribution in [0.1, 0.15) is 31.7 Å². The van der Waals surface area contributed by atoms with Gasteiger partial charge < -0.3 is 14.9 Å². The van der Waals surface area contributed by atoms with Crippen molar-refractivity contribution in [1.82, 2.24) is 9.99 Å². The molecule has 0 bridgehead atoms. The molecule has 1 aliphatic rings. The summed E-state index contributed by atoms with van der Waals surface area (Å²) < 4.78 is 12.3. The maximum atomic E-state index is 12.4. The minimum Gasteiger partial charge on any atom is -0.480 e. The number of carboxylic acid groups (broad SMARTS) is 1. The fourth-order valence-corrected chi connectivity index (χ4v) is 4.53. The Morgan fingerprint density at radius 2 is 2.04 bits per heavy atom. The van der Waals surface area contributed by atoms with Crippen molar-refractivity contribution in [2.45, 2.75) is 44.7 Å². The van der Waals surface area contributed by atoms with Crippen molar-refractivity contribution in [3.63, 3.8) is 0 Å². The molecule has 1 amide bonds. The van der Waals surface area contributed by atoms with Crippen molar-refractivity contribution in [2.75, 3.05) is 12.7 Å². The first-order chi connectivity index (χ1) is 11.8. The molecule has 0 aliphatic carbocycles. The van der Waals surface area contributed by atoms with Gasteiger partial charge in [-0.15, -0.1) is 0 Å². The molecule has 1 aromatic carbocycles. The van der Waals surface area contributed by atoms with E-state index in [0.717, 1.165) is 5.56 Å². The lowest BCUT2D eigenvalue weighted by Crippen LogP contribution is -2.48. The minimum absolute atomic E-state index is 0.0574. The maximum Gasteiger partial charge on any atom is 0.326 e. The Balaban J connectivity index is 1.85. The third-order valence-corrected chi connectivity index (χ3v) is 6.07. The predicted octanol–water partition coefficient (Wildman–Crippen LogP) is 1.86. The van der Waals surface area contributed by atoms with Crippen LogP contribution in [0.15, 0.2) is 30.3 Å². The van der Waals surface area contributed by atoms with E-state index in [-0.39, 0.29) is 6.16 Å². The molecule has 3 N–H and O–H groups in total. The monoisotopic (exact) mass is 368 g/mol. The van der Waals surface area contributed by atoms with Gasteiger partial charge in [-0.05, 0) is 38.2 Å². The summed E-state index contributed by atoms with van der Waals surface area (Å²) in [5, 5.41) is 11.7. The second kappa shape index (κ2) is 8.61. The summed E-state index contributed by atoms with van der Waals surface area (Å²) in [4.78, 5) is 35.0. The molecule has 1 aliphatic heterocycles. The van der Waals surface area contributed by atoms with Gasteiger partial charge in [0.2, 0.25) is 5.91 Å². The molecule has 3 atom stereocenters. The molecule has 138 valence electrons. The highest BCUT2D eigenvalue weighted by atomic mass is 31.2. The van der Waals surface area contributed by atoms with Gasteiger partial charge in [0.1, 0.15) is 6.04 Å². The fourth-order valence-electron chi connectivity index (χ4n) is 3.10. The third kappa shape index (κ3) is 5.66. The number of aliphatic carboxylic acids is 1. The number of nitrogens with one attached hydrogen (secondary N) is 1. The number of carbonyl (C=O) groups excluding carboxylic acids is 1. The van der Waals surface area contributed by atoms with E-state index < -0.39 is 31.5 Å². The Morgan fingerprint density at radius 1 is 1.36 bits per heavy atom. The highest BCUT2D eigenvalue weighted by Crippen LogP contribution is 2.37. The van der Waals surface area contributed by atoms with Crippen LogP contribution in [-0.2, 0) is 20.6 Å². The molecule has 1 heterocycles. The molecule has 0 aromatic heterocycles. The van der Waals surface area contributed by atoms with Crippen LogP contribution in [0.25, 0.3) is 0 Å². The normalized spacial score (nSPS) is 20.9. The van der Waals surface area contributed by atoms with E-state index in [2.05, 4.69) is 5.09 Å². The topological polar surface area (TPSA) is 107 Å². The average Bonchev–Trinajstić information content (AvgIpc) is 3.04. The molecule has 0 saturated carbocycles. The zero-order valence-corrected chi connectivity index (χ0v) is 15.2. The van der Waals surface area contributed by atoms with E-state index in [1.165, 1.54) is 11.8 Å². The molecular weight excluding hydrogens is 343 g/mol. The molecule has 8 heteroatoms. The summed E-state index contributed by atoms with van der Waals surface area (Å²) in [5.41, 5.74) is 1.09. The minimum atomic E-state index is -3.67. The molecule has 1 aromatic rings. The number of amides is 1. The Labute approximate surface area is 147 Å². The molecule has 2 rings (SSSR count). The van der Waals surface area contributed by atoms with E-state index in [0.29, 0.717) is 32.2 Å². The lowest BCUT2D eigenvalue weighted by Gasteiger charge is -2.26. The number of nitrogens with zero attached hydrogens (tertiary/aromatic N) is 1. The number of hydrogen-bond donors (Lipinski definition) is 3. The van der Waals surface area contributed by atoms with Gasteiger partial charge in [-0.25, -0.2) is 9.88 Å². The number of carbonyl (C=O) groups is 2. The average molecular weight is 368 g/mol. The molecule has 0 spiro atoms. The number of carboxylic acids is 1. The maximum absolute atomic E-state index is 12.4. The lowest BCUT2D eigenvalue weighted by atomic mass is 10.1.